The third-order valence-corrected chi connectivity index (χ3v) is 2.70. The highest BCUT2D eigenvalue weighted by molar-refractivity contribution is 6.34. The van der Waals surface area contributed by atoms with E-state index in [0.29, 0.717) is 6.54 Å². The molecule has 0 bridgehead atoms. The number of rotatable bonds is 2. The van der Waals surface area contributed by atoms with E-state index >= 15 is 0 Å². The Bertz CT molecular complexity index is 330. The van der Waals surface area contributed by atoms with Crippen LogP contribution >= 0.6 is 11.6 Å². The molecular weight excluding hydrogens is 200 g/mol. The fourth-order valence-electron chi connectivity index (χ4n) is 1.74. The topological polar surface area (TPSA) is 35.5 Å². The number of halogens is 1. The van der Waals surface area contributed by atoms with E-state index in [9.17, 15) is 0 Å². The molecule has 0 aliphatic carbocycles. The SMILES string of the molecule is OCCN1CCNc2c(Cl)cccc21. The maximum atomic E-state index is 8.92. The molecule has 0 fully saturated rings. The van der Waals surface area contributed by atoms with Crippen LogP contribution in [0.1, 0.15) is 0 Å². The lowest BCUT2D eigenvalue weighted by atomic mass is 10.2. The van der Waals surface area contributed by atoms with Crippen LogP contribution in [0.2, 0.25) is 5.02 Å². The van der Waals surface area contributed by atoms with Crippen LogP contribution in [-0.2, 0) is 0 Å². The summed E-state index contributed by atoms with van der Waals surface area (Å²) in [6, 6.07) is 5.82. The summed E-state index contributed by atoms with van der Waals surface area (Å²) in [5, 5.41) is 12.9. The van der Waals surface area contributed by atoms with Crippen LogP contribution in [0, 0.1) is 0 Å². The predicted molar refractivity (Wildman–Crippen MR) is 59.2 cm³/mol. The van der Waals surface area contributed by atoms with Crippen molar-refractivity contribution in [3.63, 3.8) is 0 Å². The van der Waals surface area contributed by atoms with Gasteiger partial charge in [0.05, 0.1) is 23.0 Å². The fraction of sp³-hybridized carbons (Fsp3) is 0.400. The monoisotopic (exact) mass is 212 g/mol. The molecule has 14 heavy (non-hydrogen) atoms. The Hall–Kier alpha value is -0.930. The molecule has 2 N–H and O–H groups in total. The molecule has 0 atom stereocenters. The van der Waals surface area contributed by atoms with Gasteiger partial charge in [-0.15, -0.1) is 0 Å². The normalized spacial score (nSPS) is 14.9. The van der Waals surface area contributed by atoms with Crippen LogP contribution in [0.4, 0.5) is 11.4 Å². The van der Waals surface area contributed by atoms with Crippen LogP contribution in [0.3, 0.4) is 0 Å². The highest BCUT2D eigenvalue weighted by Crippen LogP contribution is 2.34. The molecule has 1 aliphatic rings. The Labute approximate surface area is 88.3 Å². The molecule has 4 heteroatoms. The summed E-state index contributed by atoms with van der Waals surface area (Å²) in [6.45, 7) is 2.62. The minimum absolute atomic E-state index is 0.173. The second-order valence-corrected chi connectivity index (χ2v) is 3.68. The van der Waals surface area contributed by atoms with E-state index in [1.165, 1.54) is 0 Å². The first-order chi connectivity index (χ1) is 6.83. The molecule has 0 unspecified atom stereocenters. The Morgan fingerprint density at radius 3 is 3.14 bits per heavy atom. The quantitative estimate of drug-likeness (QED) is 0.781. The third-order valence-electron chi connectivity index (χ3n) is 2.39. The molecule has 76 valence electrons. The lowest BCUT2D eigenvalue weighted by Crippen LogP contribution is -2.36. The Balaban J connectivity index is 2.34. The number of β-amino-alcohol motifs (C(OH)–C–C–N with tert-alkyl or cyclic N) is 1. The number of nitrogens with zero attached hydrogens (tertiary/aromatic N) is 1. The van der Waals surface area contributed by atoms with Crippen molar-refractivity contribution in [1.29, 1.82) is 0 Å². The molecule has 0 saturated heterocycles. The number of aliphatic hydroxyl groups excluding tert-OH is 1. The van der Waals surface area contributed by atoms with E-state index in [4.69, 9.17) is 16.7 Å². The van der Waals surface area contributed by atoms with Crippen molar-refractivity contribution >= 4 is 23.0 Å². The third kappa shape index (κ3) is 1.65. The van der Waals surface area contributed by atoms with Gasteiger partial charge in [-0.1, -0.05) is 17.7 Å². The van der Waals surface area contributed by atoms with Crippen LogP contribution < -0.4 is 10.2 Å². The van der Waals surface area contributed by atoms with Gasteiger partial charge in [0, 0.05) is 19.6 Å². The molecule has 0 radical (unpaired) electrons. The number of benzene rings is 1. The minimum Gasteiger partial charge on any atom is -0.395 e. The summed E-state index contributed by atoms with van der Waals surface area (Å²) >= 11 is 6.06. The van der Waals surface area contributed by atoms with E-state index in [1.54, 1.807) is 0 Å². The smallest absolute Gasteiger partial charge is 0.0767 e. The summed E-state index contributed by atoms with van der Waals surface area (Å²) in [7, 11) is 0. The first-order valence-corrected chi connectivity index (χ1v) is 5.09. The zero-order valence-corrected chi connectivity index (χ0v) is 8.59. The molecule has 1 aromatic rings. The largest absolute Gasteiger partial charge is 0.395 e. The molecule has 1 heterocycles. The van der Waals surface area contributed by atoms with Gasteiger partial charge in [0.15, 0.2) is 0 Å². The van der Waals surface area contributed by atoms with Gasteiger partial charge < -0.3 is 15.3 Å². The summed E-state index contributed by atoms with van der Waals surface area (Å²) in [5.74, 6) is 0. The Kier molecular flexibility index (Phi) is 2.79. The van der Waals surface area contributed by atoms with Gasteiger partial charge in [-0.2, -0.15) is 0 Å². The summed E-state index contributed by atoms with van der Waals surface area (Å²) in [6.07, 6.45) is 0. The standard InChI is InChI=1S/C10H13ClN2O/c11-8-2-1-3-9-10(8)12-4-5-13(9)6-7-14/h1-3,12,14H,4-7H2. The highest BCUT2D eigenvalue weighted by Gasteiger charge is 2.17. The maximum Gasteiger partial charge on any atom is 0.0767 e. The number of nitrogens with one attached hydrogen (secondary N) is 1. The molecule has 3 nitrogen and oxygen atoms in total. The fourth-order valence-corrected chi connectivity index (χ4v) is 1.98. The zero-order valence-electron chi connectivity index (χ0n) is 7.83. The van der Waals surface area contributed by atoms with Crippen molar-refractivity contribution in [2.24, 2.45) is 0 Å². The van der Waals surface area contributed by atoms with Crippen molar-refractivity contribution < 1.29 is 5.11 Å². The van der Waals surface area contributed by atoms with Crippen LogP contribution in [0.15, 0.2) is 18.2 Å². The van der Waals surface area contributed by atoms with Crippen molar-refractivity contribution in [2.45, 2.75) is 0 Å². The number of anilines is 2. The van der Waals surface area contributed by atoms with E-state index in [-0.39, 0.29) is 6.61 Å². The summed E-state index contributed by atoms with van der Waals surface area (Å²) in [4.78, 5) is 2.14. The van der Waals surface area contributed by atoms with Crippen LogP contribution in [0.25, 0.3) is 0 Å². The van der Waals surface area contributed by atoms with E-state index in [0.717, 1.165) is 29.5 Å². The zero-order chi connectivity index (χ0) is 9.97. The molecule has 1 aromatic carbocycles. The number of hydrogen-bond acceptors (Lipinski definition) is 3. The molecule has 0 saturated carbocycles. The lowest BCUT2D eigenvalue weighted by Gasteiger charge is -2.31. The number of hydrogen-bond donors (Lipinski definition) is 2. The molecule has 2 rings (SSSR count). The first-order valence-electron chi connectivity index (χ1n) is 4.71. The van der Waals surface area contributed by atoms with E-state index in [1.807, 2.05) is 18.2 Å². The average Bonchev–Trinajstić information content (AvgIpc) is 2.20. The molecule has 0 aromatic heterocycles. The van der Waals surface area contributed by atoms with Crippen molar-refractivity contribution in [1.82, 2.24) is 0 Å². The molecule has 1 aliphatic heterocycles. The lowest BCUT2D eigenvalue weighted by molar-refractivity contribution is 0.302. The van der Waals surface area contributed by atoms with Gasteiger partial charge in [0.1, 0.15) is 0 Å². The van der Waals surface area contributed by atoms with Gasteiger partial charge in [-0.25, -0.2) is 0 Å². The second kappa shape index (κ2) is 4.07. The predicted octanol–water partition coefficient (Wildman–Crippen LogP) is 1.56. The van der Waals surface area contributed by atoms with Gasteiger partial charge in [-0.05, 0) is 12.1 Å². The minimum atomic E-state index is 0.173. The van der Waals surface area contributed by atoms with E-state index < -0.39 is 0 Å². The van der Waals surface area contributed by atoms with Crippen molar-refractivity contribution in [3.05, 3.63) is 23.2 Å². The Morgan fingerprint density at radius 1 is 1.50 bits per heavy atom. The number of fused-ring (bicyclic) bond motifs is 1. The highest BCUT2D eigenvalue weighted by atomic mass is 35.5. The molecular formula is C10H13ClN2O. The second-order valence-electron chi connectivity index (χ2n) is 3.27. The summed E-state index contributed by atoms with van der Waals surface area (Å²) in [5.41, 5.74) is 2.06. The van der Waals surface area contributed by atoms with Crippen molar-refractivity contribution in [3.8, 4) is 0 Å². The van der Waals surface area contributed by atoms with Crippen molar-refractivity contribution in [2.75, 3.05) is 36.5 Å². The first kappa shape index (κ1) is 9.62. The van der Waals surface area contributed by atoms with Crippen LogP contribution in [-0.4, -0.2) is 31.3 Å². The molecule has 0 spiro atoms. The Morgan fingerprint density at radius 2 is 2.36 bits per heavy atom. The van der Waals surface area contributed by atoms with Gasteiger partial charge in [0.2, 0.25) is 0 Å². The number of aliphatic hydroxyl groups is 1. The summed E-state index contributed by atoms with van der Waals surface area (Å²) < 4.78 is 0. The maximum absolute atomic E-state index is 8.92. The van der Waals surface area contributed by atoms with Crippen LogP contribution in [0.5, 0.6) is 0 Å². The number of para-hydroxylation sites is 1. The molecule has 0 amide bonds. The van der Waals surface area contributed by atoms with Gasteiger partial charge >= 0.3 is 0 Å². The van der Waals surface area contributed by atoms with E-state index in [2.05, 4.69) is 10.2 Å². The van der Waals surface area contributed by atoms with Gasteiger partial charge in [-0.3, -0.25) is 0 Å². The van der Waals surface area contributed by atoms with Gasteiger partial charge in [0.25, 0.3) is 0 Å². The average molecular weight is 213 g/mol.